The summed E-state index contributed by atoms with van der Waals surface area (Å²) in [6.45, 7) is 2.74. The van der Waals surface area contributed by atoms with E-state index in [4.69, 9.17) is 23.2 Å². The summed E-state index contributed by atoms with van der Waals surface area (Å²) in [6, 6.07) is 18.5. The van der Waals surface area contributed by atoms with E-state index in [1.165, 1.54) is 0 Å². The summed E-state index contributed by atoms with van der Waals surface area (Å²) in [5.41, 5.74) is 2.21. The summed E-state index contributed by atoms with van der Waals surface area (Å²) >= 11 is 12.2. The van der Waals surface area contributed by atoms with E-state index < -0.39 is 0 Å². The van der Waals surface area contributed by atoms with Crippen molar-refractivity contribution in [3.63, 3.8) is 0 Å². The molecule has 7 heteroatoms. The average Bonchev–Trinajstić information content (AvgIpc) is 2.74. The van der Waals surface area contributed by atoms with Gasteiger partial charge in [0.1, 0.15) is 0 Å². The number of hydrogen-bond donors (Lipinski definition) is 0. The molecule has 0 saturated carbocycles. The van der Waals surface area contributed by atoms with Gasteiger partial charge in [-0.25, -0.2) is 0 Å². The van der Waals surface area contributed by atoms with Crippen LogP contribution < -0.4 is 4.90 Å². The van der Waals surface area contributed by atoms with Crippen molar-refractivity contribution >= 4 is 34.9 Å². The second kappa shape index (κ2) is 8.17. The first-order valence-corrected chi connectivity index (χ1v) is 9.76. The molecule has 28 heavy (non-hydrogen) atoms. The van der Waals surface area contributed by atoms with Gasteiger partial charge >= 0.3 is 0 Å². The van der Waals surface area contributed by atoms with Crippen molar-refractivity contribution in [2.45, 2.75) is 0 Å². The van der Waals surface area contributed by atoms with E-state index >= 15 is 0 Å². The normalized spacial score (nSPS) is 14.2. The highest BCUT2D eigenvalue weighted by atomic mass is 35.5. The van der Waals surface area contributed by atoms with Crippen LogP contribution in [0.15, 0.2) is 60.7 Å². The number of carbonyl (C=O) groups is 1. The molecule has 5 nitrogen and oxygen atoms in total. The van der Waals surface area contributed by atoms with Crippen molar-refractivity contribution < 1.29 is 4.79 Å². The first kappa shape index (κ1) is 18.7. The van der Waals surface area contributed by atoms with Crippen LogP contribution in [-0.2, 0) is 0 Å². The maximum atomic E-state index is 12.6. The summed E-state index contributed by atoms with van der Waals surface area (Å²) < 4.78 is 0. The molecule has 0 aliphatic carbocycles. The summed E-state index contributed by atoms with van der Waals surface area (Å²) in [7, 11) is 0. The van der Waals surface area contributed by atoms with Gasteiger partial charge in [-0.05, 0) is 42.5 Å². The van der Waals surface area contributed by atoms with E-state index in [0.717, 1.165) is 16.9 Å². The minimum atomic E-state index is 0.0686. The lowest BCUT2D eigenvalue weighted by Gasteiger charge is -2.35. The topological polar surface area (TPSA) is 49.3 Å². The number of hydrogen-bond acceptors (Lipinski definition) is 4. The maximum Gasteiger partial charge on any atom is 0.253 e. The molecule has 1 saturated heterocycles. The van der Waals surface area contributed by atoms with Crippen molar-refractivity contribution in [2.24, 2.45) is 0 Å². The van der Waals surface area contributed by atoms with Crippen molar-refractivity contribution in [3.05, 3.63) is 76.3 Å². The lowest BCUT2D eigenvalue weighted by atomic mass is 10.1. The third-order valence-electron chi connectivity index (χ3n) is 4.77. The number of aromatic nitrogens is 2. The molecule has 0 unspecified atom stereocenters. The fourth-order valence-corrected chi connectivity index (χ4v) is 3.74. The zero-order valence-corrected chi connectivity index (χ0v) is 16.6. The average molecular weight is 413 g/mol. The molecular weight excluding hydrogens is 395 g/mol. The Balaban J connectivity index is 1.42. The second-order valence-corrected chi connectivity index (χ2v) is 7.39. The number of anilines is 1. The van der Waals surface area contributed by atoms with Crippen LogP contribution in [0, 0.1) is 0 Å². The Bertz CT molecular complexity index is 971. The van der Waals surface area contributed by atoms with Gasteiger partial charge in [-0.2, -0.15) is 0 Å². The SMILES string of the molecule is O=C(c1ccccc1)N1CCN(c2ccc(-c3ccc(Cl)cc3Cl)nn2)CC1. The molecule has 1 aliphatic rings. The summed E-state index contributed by atoms with van der Waals surface area (Å²) in [5, 5.41) is 9.80. The van der Waals surface area contributed by atoms with Gasteiger partial charge < -0.3 is 9.80 Å². The molecule has 142 valence electrons. The first-order chi connectivity index (χ1) is 13.6. The van der Waals surface area contributed by atoms with E-state index in [2.05, 4.69) is 15.1 Å². The zero-order valence-electron chi connectivity index (χ0n) is 15.1. The van der Waals surface area contributed by atoms with E-state index in [1.54, 1.807) is 12.1 Å². The van der Waals surface area contributed by atoms with Gasteiger partial charge in [0.25, 0.3) is 5.91 Å². The molecule has 1 aliphatic heterocycles. The first-order valence-electron chi connectivity index (χ1n) is 9.00. The molecule has 0 bridgehead atoms. The van der Waals surface area contributed by atoms with Crippen molar-refractivity contribution in [2.75, 3.05) is 31.1 Å². The summed E-state index contributed by atoms with van der Waals surface area (Å²) in [5.74, 6) is 0.861. The van der Waals surface area contributed by atoms with Crippen LogP contribution in [0.4, 0.5) is 5.82 Å². The Morgan fingerprint density at radius 2 is 1.61 bits per heavy atom. The monoisotopic (exact) mass is 412 g/mol. The number of halogens is 2. The molecule has 3 aromatic rings. The van der Waals surface area contributed by atoms with Crippen LogP contribution in [0.1, 0.15) is 10.4 Å². The molecule has 1 fully saturated rings. The fraction of sp³-hybridized carbons (Fsp3) is 0.190. The quantitative estimate of drug-likeness (QED) is 0.638. The number of carbonyl (C=O) groups excluding carboxylic acids is 1. The molecule has 1 amide bonds. The zero-order chi connectivity index (χ0) is 19.5. The largest absolute Gasteiger partial charge is 0.352 e. The smallest absolute Gasteiger partial charge is 0.253 e. The van der Waals surface area contributed by atoms with Crippen LogP contribution in [0.25, 0.3) is 11.3 Å². The second-order valence-electron chi connectivity index (χ2n) is 6.55. The maximum absolute atomic E-state index is 12.6. The van der Waals surface area contributed by atoms with Gasteiger partial charge in [0.2, 0.25) is 0 Å². The highest BCUT2D eigenvalue weighted by Gasteiger charge is 2.23. The number of amides is 1. The Hall–Kier alpha value is -2.63. The minimum absolute atomic E-state index is 0.0686. The van der Waals surface area contributed by atoms with Gasteiger partial charge in [0.05, 0.1) is 10.7 Å². The van der Waals surface area contributed by atoms with E-state index in [9.17, 15) is 4.79 Å². The Morgan fingerprint density at radius 3 is 2.25 bits per heavy atom. The Labute approximate surface area is 173 Å². The minimum Gasteiger partial charge on any atom is -0.352 e. The van der Waals surface area contributed by atoms with Crippen molar-refractivity contribution in [1.82, 2.24) is 15.1 Å². The van der Waals surface area contributed by atoms with Gasteiger partial charge in [0, 0.05) is 42.3 Å². The highest BCUT2D eigenvalue weighted by molar-refractivity contribution is 6.36. The van der Waals surface area contributed by atoms with Gasteiger partial charge in [0.15, 0.2) is 5.82 Å². The van der Waals surface area contributed by atoms with Crippen molar-refractivity contribution in [3.8, 4) is 11.3 Å². The van der Waals surface area contributed by atoms with Crippen LogP contribution in [0.2, 0.25) is 10.0 Å². The molecular formula is C21H18Cl2N4O. The molecule has 1 aromatic heterocycles. The summed E-state index contributed by atoms with van der Waals surface area (Å²) in [4.78, 5) is 16.6. The number of rotatable bonds is 3. The van der Waals surface area contributed by atoms with E-state index in [-0.39, 0.29) is 5.91 Å². The van der Waals surface area contributed by atoms with Gasteiger partial charge in [-0.15, -0.1) is 10.2 Å². The number of benzene rings is 2. The van der Waals surface area contributed by atoms with Gasteiger partial charge in [-0.1, -0.05) is 41.4 Å². The van der Waals surface area contributed by atoms with Crippen molar-refractivity contribution in [1.29, 1.82) is 0 Å². The lowest BCUT2D eigenvalue weighted by molar-refractivity contribution is 0.0746. The van der Waals surface area contributed by atoms with Gasteiger partial charge in [-0.3, -0.25) is 4.79 Å². The number of nitrogens with zero attached hydrogens (tertiary/aromatic N) is 4. The Morgan fingerprint density at radius 1 is 0.857 bits per heavy atom. The molecule has 0 N–H and O–H groups in total. The third-order valence-corrected chi connectivity index (χ3v) is 5.32. The van der Waals surface area contributed by atoms with E-state index in [0.29, 0.717) is 41.9 Å². The summed E-state index contributed by atoms with van der Waals surface area (Å²) in [6.07, 6.45) is 0. The van der Waals surface area contributed by atoms with E-state index in [1.807, 2.05) is 53.4 Å². The van der Waals surface area contributed by atoms with Crippen LogP contribution in [-0.4, -0.2) is 47.2 Å². The predicted octanol–water partition coefficient (Wildman–Crippen LogP) is 4.41. The molecule has 0 radical (unpaired) electrons. The molecule has 0 atom stereocenters. The molecule has 2 heterocycles. The highest BCUT2D eigenvalue weighted by Crippen LogP contribution is 2.29. The molecule has 0 spiro atoms. The standard InChI is InChI=1S/C21H18Cl2N4O/c22-16-6-7-17(18(23)14-16)19-8-9-20(25-24-19)26-10-12-27(13-11-26)21(28)15-4-2-1-3-5-15/h1-9,14H,10-13H2. The third kappa shape index (κ3) is 3.96. The fourth-order valence-electron chi connectivity index (χ4n) is 3.24. The Kier molecular flexibility index (Phi) is 5.46. The molecule has 2 aromatic carbocycles. The lowest BCUT2D eigenvalue weighted by Crippen LogP contribution is -2.49. The van der Waals surface area contributed by atoms with Crippen LogP contribution in [0.5, 0.6) is 0 Å². The molecule has 4 rings (SSSR count). The predicted molar refractivity (Wildman–Crippen MR) is 112 cm³/mol. The van der Waals surface area contributed by atoms with Crippen LogP contribution in [0.3, 0.4) is 0 Å². The number of piperazine rings is 1. The van der Waals surface area contributed by atoms with Crippen LogP contribution >= 0.6 is 23.2 Å².